The molecule has 94 valence electrons. The van der Waals surface area contributed by atoms with Gasteiger partial charge in [0, 0.05) is 30.5 Å². The van der Waals surface area contributed by atoms with Crippen LogP contribution in [-0.2, 0) is 4.74 Å². The number of hydrogen-bond acceptors (Lipinski definition) is 4. The van der Waals surface area contributed by atoms with Crippen LogP contribution in [0.4, 0.5) is 0 Å². The Morgan fingerprint density at radius 3 is 2.44 bits per heavy atom. The fourth-order valence-corrected chi connectivity index (χ4v) is 3.60. The largest absolute Gasteiger partial charge is 0.381 e. The lowest BCUT2D eigenvalue weighted by molar-refractivity contribution is 0.0240. The molecule has 0 radical (unpaired) electrons. The van der Waals surface area contributed by atoms with Gasteiger partial charge in [0.2, 0.25) is 0 Å². The quantitative estimate of drug-likeness (QED) is 0.813. The molecule has 4 heteroatoms. The molecular weight excluding hydrogens is 220 g/mol. The Kier molecular flexibility index (Phi) is 4.53. The predicted octanol–water partition coefficient (Wildman–Crippen LogP) is 1.32. The second-order valence-electron chi connectivity index (χ2n) is 4.97. The molecule has 0 aromatic carbocycles. The van der Waals surface area contributed by atoms with Crippen LogP contribution < -0.4 is 5.73 Å². The molecule has 2 fully saturated rings. The van der Waals surface area contributed by atoms with Crippen molar-refractivity contribution < 1.29 is 4.74 Å². The molecule has 0 bridgehead atoms. The van der Waals surface area contributed by atoms with Gasteiger partial charge in [-0.05, 0) is 45.0 Å². The molecule has 3 nitrogen and oxygen atoms in total. The van der Waals surface area contributed by atoms with Crippen LogP contribution in [0.25, 0.3) is 0 Å². The molecule has 2 N–H and O–H groups in total. The van der Waals surface area contributed by atoms with Gasteiger partial charge in [-0.2, -0.15) is 11.8 Å². The van der Waals surface area contributed by atoms with E-state index in [0.717, 1.165) is 25.8 Å². The minimum absolute atomic E-state index is 0.363. The maximum Gasteiger partial charge on any atom is 0.0480 e. The van der Waals surface area contributed by atoms with Crippen LogP contribution in [0, 0.1) is 0 Å². The Morgan fingerprint density at radius 2 is 1.94 bits per heavy atom. The number of nitrogens with zero attached hydrogens (tertiary/aromatic N) is 1. The number of piperidine rings is 1. The van der Waals surface area contributed by atoms with Crippen LogP contribution in [0.2, 0.25) is 0 Å². The molecule has 2 aliphatic heterocycles. The highest BCUT2D eigenvalue weighted by Crippen LogP contribution is 2.34. The molecule has 0 atom stereocenters. The third kappa shape index (κ3) is 2.73. The average Bonchev–Trinajstić information content (AvgIpc) is 2.40. The fourth-order valence-electron chi connectivity index (χ4n) is 2.84. The summed E-state index contributed by atoms with van der Waals surface area (Å²) >= 11 is 1.97. The van der Waals surface area contributed by atoms with Gasteiger partial charge in [-0.25, -0.2) is 0 Å². The highest BCUT2D eigenvalue weighted by Gasteiger charge is 2.34. The van der Waals surface area contributed by atoms with E-state index in [4.69, 9.17) is 10.5 Å². The molecule has 0 unspecified atom stereocenters. The van der Waals surface area contributed by atoms with Crippen molar-refractivity contribution in [3.8, 4) is 0 Å². The van der Waals surface area contributed by atoms with Crippen LogP contribution in [0.5, 0.6) is 0 Å². The van der Waals surface area contributed by atoms with Crippen LogP contribution in [0.15, 0.2) is 0 Å². The Balaban J connectivity index is 1.84. The number of ether oxygens (including phenoxy) is 1. The van der Waals surface area contributed by atoms with Crippen molar-refractivity contribution in [1.82, 2.24) is 4.90 Å². The normalized spacial score (nSPS) is 28.1. The summed E-state index contributed by atoms with van der Waals surface area (Å²) in [5.74, 6) is 0. The van der Waals surface area contributed by atoms with E-state index in [1.165, 1.54) is 38.8 Å². The molecule has 0 amide bonds. The van der Waals surface area contributed by atoms with Crippen molar-refractivity contribution >= 4 is 11.8 Å². The van der Waals surface area contributed by atoms with Gasteiger partial charge in [0.05, 0.1) is 0 Å². The van der Waals surface area contributed by atoms with Crippen molar-refractivity contribution in [1.29, 1.82) is 0 Å². The summed E-state index contributed by atoms with van der Waals surface area (Å²) in [5.41, 5.74) is 5.91. The Labute approximate surface area is 103 Å². The highest BCUT2D eigenvalue weighted by atomic mass is 32.2. The zero-order chi connectivity index (χ0) is 11.4. The standard InChI is InChI=1S/C12H24N2OS/c1-16-12(10-13)4-6-14(7-5-12)11-2-8-15-9-3-11/h11H,2-10,13H2,1H3. The van der Waals surface area contributed by atoms with Gasteiger partial charge < -0.3 is 15.4 Å². The van der Waals surface area contributed by atoms with Crippen molar-refractivity contribution in [3.63, 3.8) is 0 Å². The van der Waals surface area contributed by atoms with Crippen LogP contribution in [0.3, 0.4) is 0 Å². The Morgan fingerprint density at radius 1 is 1.31 bits per heavy atom. The van der Waals surface area contributed by atoms with E-state index in [1.54, 1.807) is 0 Å². The lowest BCUT2D eigenvalue weighted by Gasteiger charge is -2.44. The first-order valence-corrected chi connectivity index (χ1v) is 7.59. The molecule has 0 aromatic rings. The molecule has 2 heterocycles. The third-order valence-electron chi connectivity index (χ3n) is 4.22. The van der Waals surface area contributed by atoms with Gasteiger partial charge in [-0.15, -0.1) is 0 Å². The molecule has 0 aromatic heterocycles. The van der Waals surface area contributed by atoms with Gasteiger partial charge in [-0.1, -0.05) is 0 Å². The third-order valence-corrected chi connectivity index (χ3v) is 5.66. The van der Waals surface area contributed by atoms with E-state index < -0.39 is 0 Å². The Bertz CT molecular complexity index is 205. The smallest absolute Gasteiger partial charge is 0.0480 e. The molecule has 16 heavy (non-hydrogen) atoms. The van der Waals surface area contributed by atoms with Crippen molar-refractivity contribution in [2.75, 3.05) is 39.1 Å². The van der Waals surface area contributed by atoms with E-state index in [-0.39, 0.29) is 0 Å². The zero-order valence-corrected chi connectivity index (χ0v) is 11.1. The van der Waals surface area contributed by atoms with E-state index in [0.29, 0.717) is 4.75 Å². The highest BCUT2D eigenvalue weighted by molar-refractivity contribution is 8.00. The molecule has 0 spiro atoms. The molecule has 2 rings (SSSR count). The van der Waals surface area contributed by atoms with E-state index in [1.807, 2.05) is 11.8 Å². The molecule has 2 saturated heterocycles. The summed E-state index contributed by atoms with van der Waals surface area (Å²) in [7, 11) is 0. The molecule has 0 saturated carbocycles. The zero-order valence-electron chi connectivity index (χ0n) is 10.3. The monoisotopic (exact) mass is 244 g/mol. The van der Waals surface area contributed by atoms with Crippen LogP contribution >= 0.6 is 11.8 Å². The second kappa shape index (κ2) is 5.71. The summed E-state index contributed by atoms with van der Waals surface area (Å²) in [6.07, 6.45) is 7.14. The first-order valence-electron chi connectivity index (χ1n) is 6.37. The summed E-state index contributed by atoms with van der Waals surface area (Å²) in [4.78, 5) is 2.66. The number of likely N-dealkylation sites (tertiary alicyclic amines) is 1. The second-order valence-corrected chi connectivity index (χ2v) is 6.25. The number of rotatable bonds is 3. The van der Waals surface area contributed by atoms with Crippen LogP contribution in [-0.4, -0.2) is 54.8 Å². The minimum Gasteiger partial charge on any atom is -0.381 e. The Hall–Kier alpha value is 0.230. The van der Waals surface area contributed by atoms with Gasteiger partial charge in [0.15, 0.2) is 0 Å². The van der Waals surface area contributed by atoms with E-state index in [2.05, 4.69) is 11.2 Å². The number of nitrogens with two attached hydrogens (primary N) is 1. The fraction of sp³-hybridized carbons (Fsp3) is 1.00. The molecular formula is C12H24N2OS. The van der Waals surface area contributed by atoms with Crippen molar-refractivity contribution in [3.05, 3.63) is 0 Å². The number of hydrogen-bond donors (Lipinski definition) is 1. The van der Waals surface area contributed by atoms with E-state index in [9.17, 15) is 0 Å². The lowest BCUT2D eigenvalue weighted by atomic mass is 9.93. The molecule has 0 aliphatic carbocycles. The topological polar surface area (TPSA) is 38.5 Å². The first-order chi connectivity index (χ1) is 7.79. The van der Waals surface area contributed by atoms with Crippen LogP contribution in [0.1, 0.15) is 25.7 Å². The van der Waals surface area contributed by atoms with Gasteiger partial charge in [-0.3, -0.25) is 0 Å². The maximum absolute atomic E-state index is 5.91. The summed E-state index contributed by atoms with van der Waals surface area (Å²) in [5, 5.41) is 0. The van der Waals surface area contributed by atoms with Crippen molar-refractivity contribution in [2.24, 2.45) is 5.73 Å². The minimum atomic E-state index is 0.363. The maximum atomic E-state index is 5.91. The first kappa shape index (κ1) is 12.7. The lowest BCUT2D eigenvalue weighted by Crippen LogP contribution is -2.50. The van der Waals surface area contributed by atoms with Gasteiger partial charge in [0.1, 0.15) is 0 Å². The average molecular weight is 244 g/mol. The van der Waals surface area contributed by atoms with Gasteiger partial charge in [0.25, 0.3) is 0 Å². The number of thioether (sulfide) groups is 1. The molecule has 2 aliphatic rings. The van der Waals surface area contributed by atoms with Gasteiger partial charge >= 0.3 is 0 Å². The summed E-state index contributed by atoms with van der Waals surface area (Å²) in [6, 6.07) is 0.770. The SMILES string of the molecule is CSC1(CN)CCN(C2CCOCC2)CC1. The predicted molar refractivity (Wildman–Crippen MR) is 69.9 cm³/mol. The van der Waals surface area contributed by atoms with Crippen molar-refractivity contribution in [2.45, 2.75) is 36.5 Å². The van der Waals surface area contributed by atoms with E-state index >= 15 is 0 Å². The summed E-state index contributed by atoms with van der Waals surface area (Å²) < 4.78 is 5.79. The summed E-state index contributed by atoms with van der Waals surface area (Å²) in [6.45, 7) is 5.18.